The summed E-state index contributed by atoms with van der Waals surface area (Å²) >= 11 is 1.31. The molecule has 0 heterocycles. The van der Waals surface area contributed by atoms with E-state index in [1.54, 1.807) is 7.11 Å². The van der Waals surface area contributed by atoms with Crippen molar-refractivity contribution in [2.24, 2.45) is 5.73 Å². The van der Waals surface area contributed by atoms with Crippen LogP contribution in [0.2, 0.25) is 0 Å². The minimum Gasteiger partial charge on any atom is -0.496 e. The number of ether oxygens (including phenoxy) is 1. The maximum Gasteiger partial charge on any atom is 0.279 e. The molecule has 7 heteroatoms. The third kappa shape index (κ3) is 6.62. The van der Waals surface area contributed by atoms with Crippen LogP contribution in [0.15, 0.2) is 47.4 Å². The summed E-state index contributed by atoms with van der Waals surface area (Å²) in [7, 11) is 3.62. The fourth-order valence-electron chi connectivity index (χ4n) is 2.75. The normalized spacial score (nSPS) is 11.7. The molecule has 6 nitrogen and oxygen atoms in total. The van der Waals surface area contributed by atoms with Crippen molar-refractivity contribution in [1.82, 2.24) is 0 Å². The van der Waals surface area contributed by atoms with Gasteiger partial charge in [0.25, 0.3) is 5.91 Å². The molecular formula is C20H26N3O3S+. The number of methoxy groups -OCH3 is 1. The summed E-state index contributed by atoms with van der Waals surface area (Å²) in [4.78, 5) is 25.3. The molecule has 0 aliphatic rings. The number of carbonyl (C=O) groups is 2. The van der Waals surface area contributed by atoms with Gasteiger partial charge in [0.05, 0.1) is 25.6 Å². The van der Waals surface area contributed by atoms with Crippen LogP contribution in [0.1, 0.15) is 11.1 Å². The first-order valence-electron chi connectivity index (χ1n) is 8.64. The quantitative estimate of drug-likeness (QED) is 0.564. The van der Waals surface area contributed by atoms with E-state index in [2.05, 4.69) is 11.4 Å². The topological polar surface area (TPSA) is 85.9 Å². The molecule has 2 aromatic carbocycles. The number of carbonyl (C=O) groups excluding carboxylic acids is 2. The van der Waals surface area contributed by atoms with Crippen LogP contribution in [0.4, 0.5) is 5.69 Å². The number of hydrogen-bond donors (Lipinski definition) is 3. The molecule has 0 radical (unpaired) electrons. The van der Waals surface area contributed by atoms with Crippen molar-refractivity contribution in [3.63, 3.8) is 0 Å². The lowest BCUT2D eigenvalue weighted by Gasteiger charge is -2.17. The number of thioether (sulfide) groups is 1. The van der Waals surface area contributed by atoms with Crippen molar-refractivity contribution in [3.05, 3.63) is 53.6 Å². The van der Waals surface area contributed by atoms with Gasteiger partial charge in [0.15, 0.2) is 6.54 Å². The number of quaternary nitrogens is 1. The van der Waals surface area contributed by atoms with Gasteiger partial charge in [-0.15, -0.1) is 11.8 Å². The molecule has 0 saturated carbocycles. The van der Waals surface area contributed by atoms with E-state index in [-0.39, 0.29) is 11.7 Å². The van der Waals surface area contributed by atoms with Crippen LogP contribution < -0.4 is 20.7 Å². The van der Waals surface area contributed by atoms with Gasteiger partial charge in [0, 0.05) is 10.5 Å². The second-order valence-corrected chi connectivity index (χ2v) is 7.44. The van der Waals surface area contributed by atoms with Crippen molar-refractivity contribution in [1.29, 1.82) is 0 Å². The minimum absolute atomic E-state index is 0.0914. The Labute approximate surface area is 164 Å². The van der Waals surface area contributed by atoms with E-state index in [1.165, 1.54) is 11.8 Å². The number of nitrogens with one attached hydrogen (secondary N) is 2. The minimum atomic E-state index is -0.391. The van der Waals surface area contributed by atoms with Crippen molar-refractivity contribution < 1.29 is 19.2 Å². The summed E-state index contributed by atoms with van der Waals surface area (Å²) in [5.74, 6) is 0.516. The van der Waals surface area contributed by atoms with Gasteiger partial charge in [-0.25, -0.2) is 0 Å². The van der Waals surface area contributed by atoms with E-state index < -0.39 is 5.91 Å². The Morgan fingerprint density at radius 1 is 1.22 bits per heavy atom. The Hall–Kier alpha value is -2.51. The number of aryl methyl sites for hydroxylation is 1. The molecule has 0 saturated heterocycles. The third-order valence-electron chi connectivity index (χ3n) is 3.92. The van der Waals surface area contributed by atoms with Gasteiger partial charge < -0.3 is 20.7 Å². The molecule has 0 aromatic heterocycles. The maximum atomic E-state index is 12.5. The number of anilines is 1. The van der Waals surface area contributed by atoms with Gasteiger partial charge in [-0.1, -0.05) is 23.8 Å². The Kier molecular flexibility index (Phi) is 7.69. The van der Waals surface area contributed by atoms with Crippen molar-refractivity contribution >= 4 is 29.3 Å². The number of likely N-dealkylation sites (N-methyl/N-ethyl adjacent to an activating group) is 1. The summed E-state index contributed by atoms with van der Waals surface area (Å²) < 4.78 is 5.41. The van der Waals surface area contributed by atoms with Crippen LogP contribution in [0.25, 0.3) is 0 Å². The molecule has 2 rings (SSSR count). The predicted octanol–water partition coefficient (Wildman–Crippen LogP) is 1.23. The number of primary amides is 1. The summed E-state index contributed by atoms with van der Waals surface area (Å²) in [6.07, 6.45) is 0. The molecule has 0 aliphatic heterocycles. The zero-order valence-electron chi connectivity index (χ0n) is 15.9. The van der Waals surface area contributed by atoms with Crippen molar-refractivity contribution in [3.8, 4) is 5.75 Å². The second kappa shape index (κ2) is 9.99. The highest BCUT2D eigenvalue weighted by Gasteiger charge is 2.15. The van der Waals surface area contributed by atoms with E-state index >= 15 is 0 Å². The molecule has 2 aromatic rings. The third-order valence-corrected chi connectivity index (χ3v) is 5.02. The Morgan fingerprint density at radius 3 is 2.67 bits per heavy atom. The summed E-state index contributed by atoms with van der Waals surface area (Å²) in [6.45, 7) is 3.02. The maximum absolute atomic E-state index is 12.5. The molecular weight excluding hydrogens is 362 g/mol. The molecule has 1 atom stereocenters. The highest BCUT2D eigenvalue weighted by atomic mass is 32.2. The Balaban J connectivity index is 1.98. The van der Waals surface area contributed by atoms with E-state index in [0.717, 1.165) is 26.7 Å². The highest BCUT2D eigenvalue weighted by molar-refractivity contribution is 8.00. The van der Waals surface area contributed by atoms with Crippen LogP contribution in [0.5, 0.6) is 5.75 Å². The molecule has 4 N–H and O–H groups in total. The first kappa shape index (κ1) is 20.8. The Bertz CT molecular complexity index is 811. The number of nitrogens with two attached hydrogens (primary N) is 1. The van der Waals surface area contributed by atoms with E-state index in [9.17, 15) is 9.59 Å². The van der Waals surface area contributed by atoms with Crippen molar-refractivity contribution in [2.45, 2.75) is 18.4 Å². The van der Waals surface area contributed by atoms with E-state index in [1.807, 2.05) is 50.4 Å². The number of benzene rings is 2. The molecule has 2 amide bonds. The van der Waals surface area contributed by atoms with Gasteiger partial charge in [-0.05, 0) is 31.2 Å². The lowest BCUT2D eigenvalue weighted by molar-refractivity contribution is -0.885. The smallest absolute Gasteiger partial charge is 0.279 e. The summed E-state index contributed by atoms with van der Waals surface area (Å²) in [6, 6.07) is 13.4. The summed E-state index contributed by atoms with van der Waals surface area (Å²) in [5, 5.41) is 2.93. The SMILES string of the molecule is COc1ccc(C)cc1C[NH+](C)CC(=O)Nc1ccccc1SCC(N)=O. The monoisotopic (exact) mass is 388 g/mol. The molecule has 0 aliphatic carbocycles. The van der Waals surface area contributed by atoms with Gasteiger partial charge >= 0.3 is 0 Å². The molecule has 144 valence electrons. The van der Waals surface area contributed by atoms with Crippen LogP contribution in [0, 0.1) is 6.92 Å². The highest BCUT2D eigenvalue weighted by Crippen LogP contribution is 2.26. The number of para-hydroxylation sites is 1. The standard InChI is InChI=1S/C20H25N3O3S/c1-14-8-9-17(26-3)15(10-14)11-23(2)12-20(25)22-16-6-4-5-7-18(16)27-13-19(21)24/h4-10H,11-13H2,1-3H3,(H2,21,24)(H,22,25)/p+1. The van der Waals surface area contributed by atoms with E-state index in [0.29, 0.717) is 18.8 Å². The zero-order chi connectivity index (χ0) is 19.8. The Morgan fingerprint density at radius 2 is 1.96 bits per heavy atom. The summed E-state index contributed by atoms with van der Waals surface area (Å²) in [5.41, 5.74) is 8.12. The van der Waals surface area contributed by atoms with Crippen LogP contribution in [0.3, 0.4) is 0 Å². The van der Waals surface area contributed by atoms with Gasteiger partial charge in [0.2, 0.25) is 5.91 Å². The van der Waals surface area contributed by atoms with Gasteiger partial charge in [-0.2, -0.15) is 0 Å². The molecule has 27 heavy (non-hydrogen) atoms. The van der Waals surface area contributed by atoms with Crippen LogP contribution in [-0.2, 0) is 16.1 Å². The fraction of sp³-hybridized carbons (Fsp3) is 0.300. The average molecular weight is 389 g/mol. The number of rotatable bonds is 9. The zero-order valence-corrected chi connectivity index (χ0v) is 16.7. The lowest BCUT2D eigenvalue weighted by Crippen LogP contribution is -3.08. The molecule has 0 fully saturated rings. The molecule has 1 unspecified atom stereocenters. The fourth-order valence-corrected chi connectivity index (χ4v) is 3.49. The largest absolute Gasteiger partial charge is 0.496 e. The molecule has 0 bridgehead atoms. The predicted molar refractivity (Wildman–Crippen MR) is 108 cm³/mol. The first-order valence-corrected chi connectivity index (χ1v) is 9.62. The van der Waals surface area contributed by atoms with Crippen LogP contribution in [-0.4, -0.2) is 38.3 Å². The number of amides is 2. The van der Waals surface area contributed by atoms with Crippen LogP contribution >= 0.6 is 11.8 Å². The van der Waals surface area contributed by atoms with Gasteiger partial charge in [-0.3, -0.25) is 9.59 Å². The molecule has 0 spiro atoms. The first-order chi connectivity index (χ1) is 12.9. The lowest BCUT2D eigenvalue weighted by atomic mass is 10.1. The van der Waals surface area contributed by atoms with Gasteiger partial charge in [0.1, 0.15) is 12.3 Å². The van der Waals surface area contributed by atoms with E-state index in [4.69, 9.17) is 10.5 Å². The second-order valence-electron chi connectivity index (χ2n) is 6.43. The number of hydrogen-bond acceptors (Lipinski definition) is 4. The van der Waals surface area contributed by atoms with Crippen molar-refractivity contribution in [2.75, 3.05) is 31.8 Å². The average Bonchev–Trinajstić information content (AvgIpc) is 2.61.